The van der Waals surface area contributed by atoms with Gasteiger partial charge in [-0.25, -0.2) is 8.51 Å². The van der Waals surface area contributed by atoms with Gasteiger partial charge in [0.05, 0.1) is 33.0 Å². The molecular weight excluding hydrogens is 619 g/mol. The van der Waals surface area contributed by atoms with Gasteiger partial charge in [-0.15, -0.1) is 0 Å². The summed E-state index contributed by atoms with van der Waals surface area (Å²) in [6.45, 7) is 2.26. The maximum Gasteiger partial charge on any atom is 0.268 e. The van der Waals surface area contributed by atoms with E-state index < -0.39 is 17.2 Å². The Hall–Kier alpha value is -2.34. The Morgan fingerprint density at radius 1 is 1.11 bits per heavy atom. The molecule has 2 unspecified atom stereocenters. The van der Waals surface area contributed by atoms with E-state index in [-0.39, 0.29) is 23.0 Å². The van der Waals surface area contributed by atoms with Crippen LogP contribution in [0.2, 0.25) is 10.0 Å². The van der Waals surface area contributed by atoms with Crippen LogP contribution in [0.4, 0.5) is 11.5 Å². The summed E-state index contributed by atoms with van der Waals surface area (Å²) in [6.07, 6.45) is 0.414. The van der Waals surface area contributed by atoms with Crippen molar-refractivity contribution in [1.82, 2.24) is 14.1 Å². The predicted molar refractivity (Wildman–Crippen MR) is 153 cm³/mol. The van der Waals surface area contributed by atoms with E-state index in [1.54, 1.807) is 30.3 Å². The summed E-state index contributed by atoms with van der Waals surface area (Å²) in [5.41, 5.74) is 2.85. The minimum absolute atomic E-state index is 0.0547. The van der Waals surface area contributed by atoms with Crippen LogP contribution in [0.3, 0.4) is 0 Å². The Morgan fingerprint density at radius 3 is 2.57 bits per heavy atom. The zero-order valence-corrected chi connectivity index (χ0v) is 24.1. The molecule has 0 aliphatic rings. The highest BCUT2D eigenvalue weighted by Gasteiger charge is 2.27. The molecule has 0 saturated heterocycles. The topological polar surface area (TPSA) is 95.4 Å². The average molecular weight is 640 g/mol. The molecule has 192 valence electrons. The molecule has 2 N–H and O–H groups in total. The van der Waals surface area contributed by atoms with Crippen LogP contribution in [-0.4, -0.2) is 30.0 Å². The first-order valence-corrected chi connectivity index (χ1v) is 14.4. The second kappa shape index (κ2) is 12.5. The number of carbonyl (C=O) groups is 1. The van der Waals surface area contributed by atoms with Crippen molar-refractivity contribution >= 4 is 79.5 Å². The van der Waals surface area contributed by atoms with Gasteiger partial charge in [0, 0.05) is 17.4 Å². The van der Waals surface area contributed by atoms with Gasteiger partial charge >= 0.3 is 0 Å². The number of nitrogens with one attached hydrogen (secondary N) is 1. The molecule has 1 amide bonds. The molecule has 0 bridgehead atoms. The smallest absolute Gasteiger partial charge is 0.268 e. The molecule has 3 aromatic carbocycles. The molecule has 1 aromatic heterocycles. The molecule has 0 saturated carbocycles. The average Bonchev–Trinajstić information content (AvgIpc) is 3.32. The first-order valence-electron chi connectivity index (χ1n) is 11.0. The fraction of sp³-hybridized carbons (Fsp3) is 0.160. The zero-order chi connectivity index (χ0) is 26.5. The molecule has 0 aliphatic carbocycles. The quantitative estimate of drug-likeness (QED) is 0.192. The molecule has 0 spiro atoms. The zero-order valence-electron chi connectivity index (χ0n) is 19.4. The monoisotopic (exact) mass is 638 g/mol. The largest absolute Gasteiger partial charge is 0.351 e. The fourth-order valence-electron chi connectivity index (χ4n) is 3.67. The first kappa shape index (κ1) is 27.7. The van der Waals surface area contributed by atoms with Crippen LogP contribution < -0.4 is 9.62 Å². The van der Waals surface area contributed by atoms with Gasteiger partial charge in [0.1, 0.15) is 5.69 Å². The highest BCUT2D eigenvalue weighted by molar-refractivity contribution is 9.10. The van der Waals surface area contributed by atoms with Crippen molar-refractivity contribution in [3.05, 3.63) is 104 Å². The molecule has 1 heterocycles. The molecule has 37 heavy (non-hydrogen) atoms. The highest BCUT2D eigenvalue weighted by atomic mass is 79.9. The minimum atomic E-state index is -2.52. The molecule has 4 aromatic rings. The van der Waals surface area contributed by atoms with Gasteiger partial charge in [-0.1, -0.05) is 82.5 Å². The Kier molecular flexibility index (Phi) is 9.33. The summed E-state index contributed by atoms with van der Waals surface area (Å²) in [5, 5.41) is 3.81. The molecule has 4 rings (SSSR count). The summed E-state index contributed by atoms with van der Waals surface area (Å²) in [4.78, 5) is 13.3. The summed E-state index contributed by atoms with van der Waals surface area (Å²) >= 11 is 14.0. The Morgan fingerprint density at radius 2 is 1.86 bits per heavy atom. The van der Waals surface area contributed by atoms with Crippen LogP contribution in [0.5, 0.6) is 0 Å². The van der Waals surface area contributed by atoms with Crippen molar-refractivity contribution in [2.24, 2.45) is 0 Å². The second-order valence-corrected chi connectivity index (χ2v) is 11.3. The number of hydrogen-bond donors (Lipinski definition) is 2. The number of rotatable bonds is 9. The molecule has 0 radical (unpaired) electrons. The van der Waals surface area contributed by atoms with Gasteiger partial charge in [-0.05, 0) is 47.4 Å². The van der Waals surface area contributed by atoms with E-state index in [2.05, 4.69) is 30.0 Å². The van der Waals surface area contributed by atoms with E-state index >= 15 is 0 Å². The number of amides is 1. The summed E-state index contributed by atoms with van der Waals surface area (Å²) in [7, 11) is 0. The van der Waals surface area contributed by atoms with E-state index in [0.717, 1.165) is 27.2 Å². The van der Waals surface area contributed by atoms with E-state index in [1.807, 2.05) is 43.3 Å². The lowest BCUT2D eigenvalue weighted by molar-refractivity contribution is 0.0952. The van der Waals surface area contributed by atoms with Crippen molar-refractivity contribution in [2.45, 2.75) is 19.3 Å². The van der Waals surface area contributed by atoms with E-state index in [4.69, 9.17) is 23.2 Å². The summed E-state index contributed by atoms with van der Waals surface area (Å²) < 4.78 is 33.3. The first-order chi connectivity index (χ1) is 17.7. The Balaban J connectivity index is 1.61. The molecule has 0 fully saturated rings. The van der Waals surface area contributed by atoms with Crippen LogP contribution in [-0.2, 0) is 17.7 Å². The number of carbonyl (C=O) groups excluding carboxylic acids is 1. The van der Waals surface area contributed by atoms with Crippen LogP contribution in [0.1, 0.15) is 40.0 Å². The van der Waals surface area contributed by atoms with Crippen molar-refractivity contribution in [2.75, 3.05) is 10.8 Å². The summed E-state index contributed by atoms with van der Waals surface area (Å²) in [5.74, 6) is -0.246. The number of anilines is 2. The fourth-order valence-corrected chi connectivity index (χ4v) is 5.54. The van der Waals surface area contributed by atoms with E-state index in [9.17, 15) is 13.6 Å². The number of halogens is 3. The van der Waals surface area contributed by atoms with Crippen LogP contribution >= 0.6 is 50.9 Å². The minimum Gasteiger partial charge on any atom is -0.351 e. The SMILES string of the molecule is CC(CNC(=O)c1ccc(Br)cc1N(c1nsnc1Cc1ccccc1)S(=O)O)c1ccc(Cl)c(Cl)c1. The van der Waals surface area contributed by atoms with Gasteiger partial charge in [0.15, 0.2) is 5.82 Å². The number of aromatic nitrogens is 2. The van der Waals surface area contributed by atoms with Crippen molar-refractivity contribution < 1.29 is 13.6 Å². The molecule has 0 aliphatic heterocycles. The lowest BCUT2D eigenvalue weighted by Crippen LogP contribution is -2.30. The molecule has 2 atom stereocenters. The van der Waals surface area contributed by atoms with Crippen molar-refractivity contribution in [1.29, 1.82) is 0 Å². The van der Waals surface area contributed by atoms with E-state index in [1.165, 1.54) is 0 Å². The second-order valence-electron chi connectivity index (χ2n) is 8.17. The third-order valence-corrected chi connectivity index (χ3v) is 8.07. The van der Waals surface area contributed by atoms with Gasteiger partial charge < -0.3 is 5.32 Å². The standard InChI is InChI=1S/C25H21BrCl2N4O3S2/c1-15(17-7-10-20(27)21(28)12-17)14-29-25(33)19-9-8-18(26)13-23(19)32(37(34)35)24-22(30-36-31-24)11-16-5-3-2-4-6-16/h2-10,12-13,15H,11,14H2,1H3,(H,29,33)(H,34,35). The lowest BCUT2D eigenvalue weighted by atomic mass is 10.0. The highest BCUT2D eigenvalue weighted by Crippen LogP contribution is 2.34. The number of hydrogen-bond acceptors (Lipinski definition) is 5. The van der Waals surface area contributed by atoms with Crippen molar-refractivity contribution in [3.63, 3.8) is 0 Å². The van der Waals surface area contributed by atoms with E-state index in [0.29, 0.717) is 33.2 Å². The Bertz CT molecular complexity index is 1440. The number of nitrogens with zero attached hydrogens (tertiary/aromatic N) is 3. The van der Waals surface area contributed by atoms with Crippen molar-refractivity contribution in [3.8, 4) is 0 Å². The van der Waals surface area contributed by atoms with Gasteiger partial charge in [0.25, 0.3) is 17.2 Å². The maximum absolute atomic E-state index is 13.3. The Labute approximate surface area is 239 Å². The molecule has 7 nitrogen and oxygen atoms in total. The van der Waals surface area contributed by atoms with Gasteiger partial charge in [-0.2, -0.15) is 8.75 Å². The van der Waals surface area contributed by atoms with Gasteiger partial charge in [0.2, 0.25) is 0 Å². The normalized spacial score (nSPS) is 12.7. The third-order valence-electron chi connectivity index (χ3n) is 5.60. The van der Waals surface area contributed by atoms with Crippen LogP contribution in [0.15, 0.2) is 71.2 Å². The maximum atomic E-state index is 13.3. The summed E-state index contributed by atoms with van der Waals surface area (Å²) in [6, 6.07) is 19.9. The lowest BCUT2D eigenvalue weighted by Gasteiger charge is -2.22. The van der Waals surface area contributed by atoms with Crippen LogP contribution in [0.25, 0.3) is 0 Å². The molecule has 12 heteroatoms. The third kappa shape index (κ3) is 6.76. The van der Waals surface area contributed by atoms with Crippen LogP contribution in [0, 0.1) is 0 Å². The van der Waals surface area contributed by atoms with Gasteiger partial charge in [-0.3, -0.25) is 9.35 Å². The number of benzene rings is 3. The molecular formula is C25H21BrCl2N4O3S2. The predicted octanol–water partition coefficient (Wildman–Crippen LogP) is 7.01.